The van der Waals surface area contributed by atoms with Gasteiger partial charge < -0.3 is 15.5 Å². The van der Waals surface area contributed by atoms with Crippen molar-refractivity contribution >= 4 is 27.5 Å². The number of anilines is 1. The second-order valence-corrected chi connectivity index (χ2v) is 5.59. The second kappa shape index (κ2) is 5.28. The van der Waals surface area contributed by atoms with E-state index in [4.69, 9.17) is 5.73 Å². The van der Waals surface area contributed by atoms with Crippen molar-refractivity contribution in [2.24, 2.45) is 5.73 Å². The van der Waals surface area contributed by atoms with E-state index in [1.165, 1.54) is 0 Å². The molecule has 0 spiro atoms. The molecule has 1 amide bonds. The Hall–Kier alpha value is -1.07. The molecule has 2 unspecified atom stereocenters. The molecule has 0 aliphatic carbocycles. The quantitative estimate of drug-likeness (QED) is 0.899. The summed E-state index contributed by atoms with van der Waals surface area (Å²) in [6, 6.07) is 7.93. The molecule has 0 bridgehead atoms. The first-order valence-corrected chi connectivity index (χ1v) is 6.83. The Morgan fingerprint density at radius 2 is 2.00 bits per heavy atom. The van der Waals surface area contributed by atoms with Gasteiger partial charge in [-0.2, -0.15) is 0 Å². The van der Waals surface area contributed by atoms with Gasteiger partial charge in [0.05, 0.1) is 0 Å². The summed E-state index contributed by atoms with van der Waals surface area (Å²) in [5.41, 5.74) is 6.80. The van der Waals surface area contributed by atoms with Crippen LogP contribution in [0.2, 0.25) is 0 Å². The van der Waals surface area contributed by atoms with Crippen LogP contribution in [0, 0.1) is 0 Å². The van der Waals surface area contributed by atoms with Gasteiger partial charge in [0.1, 0.15) is 6.04 Å². The summed E-state index contributed by atoms with van der Waals surface area (Å²) in [5, 5.41) is 0. The molecule has 4 nitrogen and oxygen atoms in total. The molecule has 1 aromatic rings. The number of benzene rings is 1. The number of likely N-dealkylation sites (N-methyl/N-ethyl adjacent to an activating group) is 1. The van der Waals surface area contributed by atoms with Crippen LogP contribution in [0.4, 0.5) is 5.69 Å². The number of piperazine rings is 1. The van der Waals surface area contributed by atoms with E-state index < -0.39 is 0 Å². The van der Waals surface area contributed by atoms with Crippen molar-refractivity contribution in [1.82, 2.24) is 4.90 Å². The van der Waals surface area contributed by atoms with Crippen molar-refractivity contribution in [3.05, 3.63) is 28.7 Å². The van der Waals surface area contributed by atoms with Gasteiger partial charge >= 0.3 is 0 Å². The van der Waals surface area contributed by atoms with Gasteiger partial charge in [0.25, 0.3) is 0 Å². The Bertz CT molecular complexity index is 434. The van der Waals surface area contributed by atoms with Crippen molar-refractivity contribution in [3.63, 3.8) is 0 Å². The smallest absolute Gasteiger partial charge is 0.246 e. The molecule has 2 rings (SSSR count). The molecule has 0 saturated carbocycles. The molecule has 1 aliphatic heterocycles. The number of nitrogens with zero attached hydrogens (tertiary/aromatic N) is 2. The van der Waals surface area contributed by atoms with E-state index in [0.717, 1.165) is 16.7 Å². The normalized spacial score (nSPS) is 24.6. The SMILES string of the molecule is CC1CN(c2ccc(Br)cc2)C(CN)C(=O)N1C. The summed E-state index contributed by atoms with van der Waals surface area (Å²) in [6.45, 7) is 3.20. The van der Waals surface area contributed by atoms with Crippen LogP contribution < -0.4 is 10.6 Å². The maximum Gasteiger partial charge on any atom is 0.246 e. The van der Waals surface area contributed by atoms with Crippen molar-refractivity contribution in [2.75, 3.05) is 25.0 Å². The summed E-state index contributed by atoms with van der Waals surface area (Å²) in [5.74, 6) is 0.0965. The van der Waals surface area contributed by atoms with E-state index in [-0.39, 0.29) is 18.0 Å². The second-order valence-electron chi connectivity index (χ2n) is 4.68. The zero-order chi connectivity index (χ0) is 13.3. The van der Waals surface area contributed by atoms with E-state index in [1.807, 2.05) is 31.3 Å². The third-order valence-electron chi connectivity index (χ3n) is 3.51. The van der Waals surface area contributed by atoms with Crippen LogP contribution in [0.5, 0.6) is 0 Å². The van der Waals surface area contributed by atoms with Crippen molar-refractivity contribution in [2.45, 2.75) is 19.0 Å². The fourth-order valence-corrected chi connectivity index (χ4v) is 2.53. The first-order chi connectivity index (χ1) is 8.54. The van der Waals surface area contributed by atoms with E-state index in [0.29, 0.717) is 6.54 Å². The Labute approximate surface area is 116 Å². The topological polar surface area (TPSA) is 49.6 Å². The molecule has 0 radical (unpaired) electrons. The zero-order valence-electron chi connectivity index (χ0n) is 10.6. The highest BCUT2D eigenvalue weighted by Gasteiger charge is 2.35. The number of nitrogens with two attached hydrogens (primary N) is 1. The molecule has 1 heterocycles. The molecule has 1 saturated heterocycles. The van der Waals surface area contributed by atoms with Crippen molar-refractivity contribution in [3.8, 4) is 0 Å². The fourth-order valence-electron chi connectivity index (χ4n) is 2.27. The van der Waals surface area contributed by atoms with Crippen LogP contribution >= 0.6 is 15.9 Å². The first kappa shape index (κ1) is 13.4. The number of carbonyl (C=O) groups is 1. The summed E-state index contributed by atoms with van der Waals surface area (Å²) < 4.78 is 1.03. The van der Waals surface area contributed by atoms with E-state index in [9.17, 15) is 4.79 Å². The number of carbonyl (C=O) groups excluding carboxylic acids is 1. The Morgan fingerprint density at radius 1 is 1.39 bits per heavy atom. The molecule has 1 fully saturated rings. The van der Waals surface area contributed by atoms with Gasteiger partial charge in [0, 0.05) is 36.3 Å². The predicted octanol–water partition coefficient (Wildman–Crippen LogP) is 1.44. The lowest BCUT2D eigenvalue weighted by atomic mass is 10.1. The summed E-state index contributed by atoms with van der Waals surface area (Å²) in [6.07, 6.45) is 0. The average Bonchev–Trinajstić information content (AvgIpc) is 2.37. The summed E-state index contributed by atoms with van der Waals surface area (Å²) in [4.78, 5) is 16.1. The van der Waals surface area contributed by atoms with Gasteiger partial charge in [-0.15, -0.1) is 0 Å². The number of hydrogen-bond acceptors (Lipinski definition) is 3. The van der Waals surface area contributed by atoms with Crippen LogP contribution in [0.15, 0.2) is 28.7 Å². The van der Waals surface area contributed by atoms with Crippen LogP contribution in [-0.2, 0) is 4.79 Å². The molecule has 5 heteroatoms. The largest absolute Gasteiger partial charge is 0.356 e. The minimum absolute atomic E-state index is 0.0965. The van der Waals surface area contributed by atoms with Crippen LogP contribution in [0.3, 0.4) is 0 Å². The monoisotopic (exact) mass is 311 g/mol. The lowest BCUT2D eigenvalue weighted by molar-refractivity contribution is -0.134. The van der Waals surface area contributed by atoms with E-state index in [2.05, 4.69) is 27.8 Å². The van der Waals surface area contributed by atoms with Gasteiger partial charge in [-0.1, -0.05) is 15.9 Å². The highest BCUT2D eigenvalue weighted by atomic mass is 79.9. The number of halogens is 1. The highest BCUT2D eigenvalue weighted by molar-refractivity contribution is 9.10. The maximum absolute atomic E-state index is 12.2. The van der Waals surface area contributed by atoms with Gasteiger partial charge in [-0.25, -0.2) is 0 Å². The third-order valence-corrected chi connectivity index (χ3v) is 4.04. The maximum atomic E-state index is 12.2. The van der Waals surface area contributed by atoms with Gasteiger partial charge in [0.15, 0.2) is 0 Å². The third kappa shape index (κ3) is 2.37. The van der Waals surface area contributed by atoms with E-state index >= 15 is 0 Å². The number of amides is 1. The first-order valence-electron chi connectivity index (χ1n) is 6.03. The Balaban J connectivity index is 2.30. The van der Waals surface area contributed by atoms with Gasteiger partial charge in [-0.3, -0.25) is 4.79 Å². The number of hydrogen-bond donors (Lipinski definition) is 1. The Morgan fingerprint density at radius 3 is 2.56 bits per heavy atom. The van der Waals surface area contributed by atoms with Crippen molar-refractivity contribution in [1.29, 1.82) is 0 Å². The minimum atomic E-state index is -0.257. The van der Waals surface area contributed by atoms with E-state index in [1.54, 1.807) is 4.90 Å². The highest BCUT2D eigenvalue weighted by Crippen LogP contribution is 2.24. The lowest BCUT2D eigenvalue weighted by Crippen LogP contribution is -2.62. The number of rotatable bonds is 2. The van der Waals surface area contributed by atoms with Crippen LogP contribution in [0.25, 0.3) is 0 Å². The van der Waals surface area contributed by atoms with Gasteiger partial charge in [-0.05, 0) is 31.2 Å². The molecule has 18 heavy (non-hydrogen) atoms. The molecular weight excluding hydrogens is 294 g/mol. The fraction of sp³-hybridized carbons (Fsp3) is 0.462. The molecule has 1 aromatic carbocycles. The molecule has 2 N–H and O–H groups in total. The average molecular weight is 312 g/mol. The lowest BCUT2D eigenvalue weighted by Gasteiger charge is -2.44. The van der Waals surface area contributed by atoms with Crippen LogP contribution in [0.1, 0.15) is 6.92 Å². The molecule has 2 atom stereocenters. The van der Waals surface area contributed by atoms with Crippen molar-refractivity contribution < 1.29 is 4.79 Å². The standard InChI is InChI=1S/C13H18BrN3O/c1-9-8-17(11-5-3-10(14)4-6-11)12(7-15)13(18)16(9)2/h3-6,9,12H,7-8,15H2,1-2H3. The summed E-state index contributed by atoms with van der Waals surface area (Å²) >= 11 is 3.42. The van der Waals surface area contributed by atoms with Gasteiger partial charge in [0.2, 0.25) is 5.91 Å². The molecule has 98 valence electrons. The zero-order valence-corrected chi connectivity index (χ0v) is 12.2. The Kier molecular flexibility index (Phi) is 3.92. The summed E-state index contributed by atoms with van der Waals surface area (Å²) in [7, 11) is 1.84. The van der Waals surface area contributed by atoms with Crippen LogP contribution in [-0.4, -0.2) is 43.0 Å². The molecule has 1 aliphatic rings. The minimum Gasteiger partial charge on any atom is -0.356 e. The molecule has 0 aromatic heterocycles. The predicted molar refractivity (Wildman–Crippen MR) is 76.6 cm³/mol. The molecular formula is C13H18BrN3O.